The number of carbonyl (C=O) groups is 1. The van der Waals surface area contributed by atoms with Gasteiger partial charge in [-0.05, 0) is 20.3 Å². The summed E-state index contributed by atoms with van der Waals surface area (Å²) in [7, 11) is -3.73. The summed E-state index contributed by atoms with van der Waals surface area (Å²) in [6, 6.07) is 0. The van der Waals surface area contributed by atoms with Crippen LogP contribution in [0, 0.1) is 0 Å². The minimum atomic E-state index is -3.73. The zero-order valence-electron chi connectivity index (χ0n) is 11.1. The fourth-order valence-electron chi connectivity index (χ4n) is 1.35. The second kappa shape index (κ2) is 7.97. The van der Waals surface area contributed by atoms with Crippen molar-refractivity contribution in [2.24, 2.45) is 0 Å². The maximum atomic E-state index is 13.4. The lowest BCUT2D eigenvalue weighted by molar-refractivity contribution is -0.141. The van der Waals surface area contributed by atoms with Crippen molar-refractivity contribution >= 4 is 13.4 Å². The van der Waals surface area contributed by atoms with E-state index in [4.69, 9.17) is 9.05 Å². The molecule has 4 nitrogen and oxygen atoms in total. The number of alkyl halides is 2. The van der Waals surface area contributed by atoms with Crippen LogP contribution in [0.15, 0.2) is 0 Å². The van der Waals surface area contributed by atoms with E-state index < -0.39 is 31.9 Å². The summed E-state index contributed by atoms with van der Waals surface area (Å²) in [6.45, 7) is 4.97. The average molecular weight is 286 g/mol. The van der Waals surface area contributed by atoms with E-state index in [9.17, 15) is 18.1 Å². The molecule has 0 radical (unpaired) electrons. The van der Waals surface area contributed by atoms with E-state index in [0.717, 1.165) is 0 Å². The lowest BCUT2D eigenvalue weighted by atomic mass is 10.1. The summed E-state index contributed by atoms with van der Waals surface area (Å²) in [5.74, 6) is -4.83. The molecular formula is C11H21F2O4P. The maximum absolute atomic E-state index is 13.4. The van der Waals surface area contributed by atoms with Crippen LogP contribution in [0.25, 0.3) is 0 Å². The quantitative estimate of drug-likeness (QED) is 0.575. The van der Waals surface area contributed by atoms with Gasteiger partial charge in [-0.3, -0.25) is 9.36 Å². The molecule has 0 aliphatic carbocycles. The van der Waals surface area contributed by atoms with Crippen LogP contribution in [0.5, 0.6) is 0 Å². The average Bonchev–Trinajstić information content (AvgIpc) is 2.26. The summed E-state index contributed by atoms with van der Waals surface area (Å²) < 4.78 is 48.5. The monoisotopic (exact) mass is 286 g/mol. The molecule has 0 heterocycles. The Morgan fingerprint density at radius 3 is 2.06 bits per heavy atom. The molecule has 108 valence electrons. The van der Waals surface area contributed by atoms with Gasteiger partial charge in [-0.15, -0.1) is 0 Å². The van der Waals surface area contributed by atoms with Crippen LogP contribution in [-0.2, 0) is 18.4 Å². The number of carbonyl (C=O) groups excluding carboxylic acids is 1. The van der Waals surface area contributed by atoms with E-state index in [2.05, 4.69) is 0 Å². The third-order valence-corrected chi connectivity index (χ3v) is 4.22. The Balaban J connectivity index is 4.63. The normalized spacial score (nSPS) is 12.7. The fraction of sp³-hybridized carbons (Fsp3) is 0.909. The molecule has 0 N–H and O–H groups in total. The third-order valence-electron chi connectivity index (χ3n) is 2.24. The number of rotatable bonds is 10. The van der Waals surface area contributed by atoms with Gasteiger partial charge in [0.05, 0.1) is 13.2 Å². The Morgan fingerprint density at radius 1 is 1.17 bits per heavy atom. The van der Waals surface area contributed by atoms with Crippen molar-refractivity contribution in [2.45, 2.75) is 46.0 Å². The zero-order chi connectivity index (χ0) is 14.2. The molecule has 0 amide bonds. The van der Waals surface area contributed by atoms with Crippen molar-refractivity contribution in [1.29, 1.82) is 0 Å². The topological polar surface area (TPSA) is 52.6 Å². The second-order valence-electron chi connectivity index (χ2n) is 3.84. The van der Waals surface area contributed by atoms with Gasteiger partial charge in [0.1, 0.15) is 6.16 Å². The van der Waals surface area contributed by atoms with Crippen molar-refractivity contribution < 1.29 is 27.2 Å². The first-order chi connectivity index (χ1) is 8.31. The van der Waals surface area contributed by atoms with Gasteiger partial charge < -0.3 is 9.05 Å². The highest BCUT2D eigenvalue weighted by Crippen LogP contribution is 2.49. The molecule has 0 bridgehead atoms. The highest BCUT2D eigenvalue weighted by atomic mass is 31.2. The molecule has 0 aromatic carbocycles. The molecule has 0 atom stereocenters. The van der Waals surface area contributed by atoms with Crippen molar-refractivity contribution in [3.63, 3.8) is 0 Å². The summed E-state index contributed by atoms with van der Waals surface area (Å²) in [4.78, 5) is 11.5. The van der Waals surface area contributed by atoms with E-state index in [1.54, 1.807) is 20.8 Å². The van der Waals surface area contributed by atoms with Gasteiger partial charge >= 0.3 is 13.5 Å². The predicted molar refractivity (Wildman–Crippen MR) is 65.2 cm³/mol. The summed E-state index contributed by atoms with van der Waals surface area (Å²) in [5, 5.41) is 0. The second-order valence-corrected chi connectivity index (χ2v) is 5.89. The minimum Gasteiger partial charge on any atom is -0.309 e. The van der Waals surface area contributed by atoms with Gasteiger partial charge in [0.2, 0.25) is 5.78 Å². The number of Topliss-reactive ketones (excluding diaryl/α,β-unsaturated/α-hetero) is 1. The molecule has 0 aliphatic heterocycles. The van der Waals surface area contributed by atoms with E-state index in [-0.39, 0.29) is 19.6 Å². The molecule has 0 aromatic heterocycles. The van der Waals surface area contributed by atoms with Crippen molar-refractivity contribution in [3.8, 4) is 0 Å². The molecule has 0 saturated carbocycles. The molecule has 0 aliphatic rings. The Hall–Kier alpha value is -0.320. The molecule has 0 saturated heterocycles. The summed E-state index contributed by atoms with van der Waals surface area (Å²) in [5.41, 5.74) is 0. The lowest BCUT2D eigenvalue weighted by Crippen LogP contribution is -2.31. The Morgan fingerprint density at radius 2 is 1.67 bits per heavy atom. The molecule has 0 rings (SSSR count). The minimum absolute atomic E-state index is 0.0467. The number of unbranched alkanes of at least 4 members (excludes halogenated alkanes) is 1. The lowest BCUT2D eigenvalue weighted by Gasteiger charge is -2.19. The number of halogens is 2. The van der Waals surface area contributed by atoms with E-state index in [1.165, 1.54) is 0 Å². The van der Waals surface area contributed by atoms with Crippen molar-refractivity contribution in [1.82, 2.24) is 0 Å². The van der Waals surface area contributed by atoms with Gasteiger partial charge in [0.25, 0.3) is 0 Å². The molecule has 0 aromatic rings. The molecule has 0 unspecified atom stereocenters. The largest absolute Gasteiger partial charge is 0.338 e. The van der Waals surface area contributed by atoms with Crippen LogP contribution in [0.1, 0.15) is 40.0 Å². The smallest absolute Gasteiger partial charge is 0.309 e. The summed E-state index contributed by atoms with van der Waals surface area (Å²) >= 11 is 0. The first-order valence-electron chi connectivity index (χ1n) is 6.10. The SMILES string of the molecule is CCCCC(F)(F)C(=O)CP(=O)(OCC)OCC. The molecule has 7 heteroatoms. The highest BCUT2D eigenvalue weighted by molar-refractivity contribution is 7.54. The fourth-order valence-corrected chi connectivity index (χ4v) is 2.98. The Kier molecular flexibility index (Phi) is 7.83. The van der Waals surface area contributed by atoms with Gasteiger partial charge in [0.15, 0.2) is 0 Å². The summed E-state index contributed by atoms with van der Waals surface area (Å²) in [6.07, 6.45) is -0.588. The van der Waals surface area contributed by atoms with Crippen molar-refractivity contribution in [2.75, 3.05) is 19.4 Å². The van der Waals surface area contributed by atoms with Crippen LogP contribution >= 0.6 is 7.60 Å². The number of ketones is 1. The van der Waals surface area contributed by atoms with Crippen LogP contribution in [0.2, 0.25) is 0 Å². The molecular weight excluding hydrogens is 265 g/mol. The van der Waals surface area contributed by atoms with Crippen LogP contribution in [0.4, 0.5) is 8.78 Å². The third kappa shape index (κ3) is 6.03. The first-order valence-corrected chi connectivity index (χ1v) is 7.83. The van der Waals surface area contributed by atoms with E-state index >= 15 is 0 Å². The first kappa shape index (κ1) is 17.7. The highest BCUT2D eigenvalue weighted by Gasteiger charge is 2.42. The zero-order valence-corrected chi connectivity index (χ0v) is 12.0. The van der Waals surface area contributed by atoms with E-state index in [1.807, 2.05) is 0 Å². The van der Waals surface area contributed by atoms with Crippen molar-refractivity contribution in [3.05, 3.63) is 0 Å². The standard InChI is InChI=1S/C11H21F2O4P/c1-4-7-8-11(12,13)10(14)9-18(15,16-5-2)17-6-3/h4-9H2,1-3H3. The molecule has 0 spiro atoms. The van der Waals surface area contributed by atoms with Gasteiger partial charge in [-0.25, -0.2) is 0 Å². The van der Waals surface area contributed by atoms with Gasteiger partial charge in [-0.1, -0.05) is 13.3 Å². The Labute approximate surface area is 107 Å². The number of hydrogen-bond donors (Lipinski definition) is 0. The maximum Gasteiger partial charge on any atom is 0.338 e. The predicted octanol–water partition coefficient (Wildman–Crippen LogP) is 3.65. The van der Waals surface area contributed by atoms with Crippen LogP contribution in [0.3, 0.4) is 0 Å². The number of hydrogen-bond acceptors (Lipinski definition) is 4. The van der Waals surface area contributed by atoms with Crippen LogP contribution < -0.4 is 0 Å². The molecule has 18 heavy (non-hydrogen) atoms. The molecule has 0 fully saturated rings. The van der Waals surface area contributed by atoms with Gasteiger partial charge in [0, 0.05) is 6.42 Å². The van der Waals surface area contributed by atoms with E-state index in [0.29, 0.717) is 6.42 Å². The Bertz CT molecular complexity index is 297. The van der Waals surface area contributed by atoms with Gasteiger partial charge in [-0.2, -0.15) is 8.78 Å². The van der Waals surface area contributed by atoms with Crippen LogP contribution in [-0.4, -0.2) is 31.1 Å².